The van der Waals surface area contributed by atoms with Gasteiger partial charge in [0.1, 0.15) is 38.3 Å². The number of carbonyl (C=O) groups excluding carboxylic acids is 2. The lowest BCUT2D eigenvalue weighted by Crippen LogP contribution is -3.28. The van der Waals surface area contributed by atoms with Crippen LogP contribution in [0, 0.1) is 0 Å². The van der Waals surface area contributed by atoms with Crippen LogP contribution >= 0.6 is 11.3 Å². The predicted molar refractivity (Wildman–Crippen MR) is 103 cm³/mol. The van der Waals surface area contributed by atoms with Crippen LogP contribution in [0.2, 0.25) is 0 Å². The number of nitrogens with one attached hydrogen (secondary N) is 3. The second kappa shape index (κ2) is 7.42. The minimum Gasteiger partial charge on any atom is -0.322 e. The normalized spacial score (nSPS) is 28.4. The number of hydrogen-bond donors (Lipinski definition) is 3. The van der Waals surface area contributed by atoms with Crippen molar-refractivity contribution in [2.75, 3.05) is 32.8 Å². The van der Waals surface area contributed by atoms with E-state index in [0.29, 0.717) is 6.67 Å². The average Bonchev–Trinajstić information content (AvgIpc) is 3.27. The van der Waals surface area contributed by atoms with E-state index >= 15 is 0 Å². The van der Waals surface area contributed by atoms with Crippen molar-refractivity contribution in [2.45, 2.75) is 19.0 Å². The summed E-state index contributed by atoms with van der Waals surface area (Å²) in [4.78, 5) is 29.8. The van der Waals surface area contributed by atoms with E-state index in [1.165, 1.54) is 15.4 Å². The molecule has 7 heteroatoms. The highest BCUT2D eigenvalue weighted by molar-refractivity contribution is 7.07. The minimum absolute atomic E-state index is 0.153. The second-order valence-electron chi connectivity index (χ2n) is 7.62. The lowest BCUT2D eigenvalue weighted by atomic mass is 9.92. The van der Waals surface area contributed by atoms with Crippen LogP contribution in [0.1, 0.15) is 18.1 Å². The molecule has 1 atom stereocenters. The number of hydrogen-bond acceptors (Lipinski definition) is 3. The molecule has 0 radical (unpaired) electrons. The maximum atomic E-state index is 13.0. The molecule has 0 saturated carbocycles. The Bertz CT molecular complexity index is 803. The fourth-order valence-corrected chi connectivity index (χ4v) is 4.67. The van der Waals surface area contributed by atoms with E-state index in [1.54, 1.807) is 23.2 Å². The van der Waals surface area contributed by atoms with Crippen LogP contribution < -0.4 is 15.1 Å². The summed E-state index contributed by atoms with van der Waals surface area (Å²) in [5, 5.41) is 7.23. The van der Waals surface area contributed by atoms with Crippen LogP contribution in [0.3, 0.4) is 0 Å². The van der Waals surface area contributed by atoms with Gasteiger partial charge in [-0.25, -0.2) is 9.69 Å². The molecule has 3 heterocycles. The van der Waals surface area contributed by atoms with Crippen LogP contribution in [-0.4, -0.2) is 49.7 Å². The van der Waals surface area contributed by atoms with Crippen molar-refractivity contribution in [1.29, 1.82) is 0 Å². The number of amides is 3. The standard InChI is InChI=1S/C20H24N4O2S/c1-20(17-5-3-2-4-6-17)18(25)24(19(26)21-20)15-23-10-8-22(9-11-23)13-16-7-12-27-14-16/h2-7,12,14H,8-11,13,15H2,1H3,(H,21,26)/p+2/t20-/m1/s1. The summed E-state index contributed by atoms with van der Waals surface area (Å²) in [5.41, 5.74) is 1.25. The van der Waals surface area contributed by atoms with Gasteiger partial charge in [0.2, 0.25) is 0 Å². The molecule has 1 aromatic heterocycles. The van der Waals surface area contributed by atoms with Crippen LogP contribution in [-0.2, 0) is 16.9 Å². The van der Waals surface area contributed by atoms with E-state index in [9.17, 15) is 9.59 Å². The third-order valence-electron chi connectivity index (χ3n) is 5.71. The van der Waals surface area contributed by atoms with Crippen molar-refractivity contribution < 1.29 is 19.4 Å². The molecule has 0 aliphatic carbocycles. The van der Waals surface area contributed by atoms with Gasteiger partial charge in [0, 0.05) is 5.56 Å². The van der Waals surface area contributed by atoms with Crippen molar-refractivity contribution in [1.82, 2.24) is 10.2 Å². The predicted octanol–water partition coefficient (Wildman–Crippen LogP) is -0.544. The van der Waals surface area contributed by atoms with Crippen molar-refractivity contribution in [3.05, 3.63) is 58.3 Å². The molecule has 2 aromatic rings. The Kier molecular flexibility index (Phi) is 4.99. The molecular weight excluding hydrogens is 360 g/mol. The van der Waals surface area contributed by atoms with E-state index < -0.39 is 5.54 Å². The Morgan fingerprint density at radius 1 is 1.07 bits per heavy atom. The summed E-state index contributed by atoms with van der Waals surface area (Å²) in [5.74, 6) is -0.153. The topological polar surface area (TPSA) is 58.3 Å². The molecule has 4 rings (SSSR count). The molecule has 2 fully saturated rings. The first-order chi connectivity index (χ1) is 13.1. The van der Waals surface area contributed by atoms with E-state index in [1.807, 2.05) is 30.3 Å². The average molecular weight is 387 g/mol. The van der Waals surface area contributed by atoms with Gasteiger partial charge < -0.3 is 15.1 Å². The molecule has 0 bridgehead atoms. The highest BCUT2D eigenvalue weighted by atomic mass is 32.1. The monoisotopic (exact) mass is 386 g/mol. The van der Waals surface area contributed by atoms with Gasteiger partial charge in [0.15, 0.2) is 6.67 Å². The summed E-state index contributed by atoms with van der Waals surface area (Å²) in [6, 6.07) is 11.4. The summed E-state index contributed by atoms with van der Waals surface area (Å²) in [7, 11) is 0. The van der Waals surface area contributed by atoms with E-state index in [2.05, 4.69) is 22.1 Å². The van der Waals surface area contributed by atoms with Gasteiger partial charge >= 0.3 is 6.03 Å². The van der Waals surface area contributed by atoms with Crippen molar-refractivity contribution in [3.8, 4) is 0 Å². The third-order valence-corrected chi connectivity index (χ3v) is 6.44. The van der Waals surface area contributed by atoms with Gasteiger partial charge in [0.05, 0.1) is 0 Å². The molecule has 1 aromatic carbocycles. The smallest absolute Gasteiger partial charge is 0.322 e. The van der Waals surface area contributed by atoms with Crippen molar-refractivity contribution in [3.63, 3.8) is 0 Å². The number of imide groups is 1. The van der Waals surface area contributed by atoms with Gasteiger partial charge in [-0.15, -0.1) is 0 Å². The van der Waals surface area contributed by atoms with Crippen molar-refractivity contribution >= 4 is 23.3 Å². The first kappa shape index (κ1) is 18.2. The Morgan fingerprint density at radius 2 is 1.78 bits per heavy atom. The zero-order chi connectivity index (χ0) is 18.9. The molecule has 3 N–H and O–H groups in total. The molecule has 3 amide bonds. The lowest BCUT2D eigenvalue weighted by molar-refractivity contribution is -1.02. The van der Waals surface area contributed by atoms with E-state index in [-0.39, 0.29) is 11.9 Å². The summed E-state index contributed by atoms with van der Waals surface area (Å²) >= 11 is 1.74. The summed E-state index contributed by atoms with van der Waals surface area (Å²) < 4.78 is 0. The molecule has 6 nitrogen and oxygen atoms in total. The van der Waals surface area contributed by atoms with Gasteiger partial charge in [-0.1, -0.05) is 30.3 Å². The van der Waals surface area contributed by atoms with Gasteiger partial charge in [-0.3, -0.25) is 4.79 Å². The zero-order valence-corrected chi connectivity index (χ0v) is 16.3. The van der Waals surface area contributed by atoms with Crippen molar-refractivity contribution in [2.24, 2.45) is 0 Å². The first-order valence-electron chi connectivity index (χ1n) is 9.44. The van der Waals surface area contributed by atoms with Crippen LogP contribution in [0.5, 0.6) is 0 Å². The maximum absolute atomic E-state index is 13.0. The Labute approximate surface area is 163 Å². The SMILES string of the molecule is C[C@]1(c2ccccc2)NC(=O)N(C[NH+]2CC[NH+](Cc3ccsc3)CC2)C1=O. The zero-order valence-electron chi connectivity index (χ0n) is 15.5. The highest BCUT2D eigenvalue weighted by Gasteiger charge is 2.50. The molecule has 2 saturated heterocycles. The fraction of sp³-hybridized carbons (Fsp3) is 0.400. The van der Waals surface area contributed by atoms with Crippen LogP contribution in [0.15, 0.2) is 47.2 Å². The Morgan fingerprint density at radius 3 is 2.44 bits per heavy atom. The Hall–Kier alpha value is -2.22. The van der Waals surface area contributed by atoms with Crippen LogP contribution in [0.25, 0.3) is 0 Å². The molecule has 2 aliphatic rings. The van der Waals surface area contributed by atoms with E-state index in [4.69, 9.17) is 0 Å². The minimum atomic E-state index is -0.968. The summed E-state index contributed by atoms with van der Waals surface area (Å²) in [6.45, 7) is 7.36. The number of nitrogens with zero attached hydrogens (tertiary/aromatic N) is 1. The number of quaternary nitrogens is 2. The fourth-order valence-electron chi connectivity index (χ4n) is 4.01. The summed E-state index contributed by atoms with van der Waals surface area (Å²) in [6.07, 6.45) is 0. The second-order valence-corrected chi connectivity index (χ2v) is 8.40. The number of urea groups is 1. The molecule has 27 heavy (non-hydrogen) atoms. The molecular formula is C20H26N4O2S+2. The molecule has 0 unspecified atom stereocenters. The van der Waals surface area contributed by atoms with Gasteiger partial charge in [-0.2, -0.15) is 11.3 Å². The number of rotatable bonds is 5. The Balaban J connectivity index is 1.36. The molecule has 142 valence electrons. The lowest BCUT2D eigenvalue weighted by Gasteiger charge is -2.31. The maximum Gasteiger partial charge on any atom is 0.329 e. The van der Waals surface area contributed by atoms with Gasteiger partial charge in [-0.05, 0) is 29.3 Å². The highest BCUT2D eigenvalue weighted by Crippen LogP contribution is 2.27. The quantitative estimate of drug-likeness (QED) is 0.605. The number of carbonyl (C=O) groups is 2. The first-order valence-corrected chi connectivity index (χ1v) is 10.4. The number of piperazine rings is 1. The van der Waals surface area contributed by atoms with Crippen LogP contribution in [0.4, 0.5) is 4.79 Å². The number of thiophene rings is 1. The van der Waals surface area contributed by atoms with E-state index in [0.717, 1.165) is 38.3 Å². The largest absolute Gasteiger partial charge is 0.329 e. The molecule has 0 spiro atoms. The molecule has 2 aliphatic heterocycles. The number of benzene rings is 1. The van der Waals surface area contributed by atoms with Gasteiger partial charge in [0.25, 0.3) is 5.91 Å². The third kappa shape index (κ3) is 3.63.